The van der Waals surface area contributed by atoms with E-state index in [-0.39, 0.29) is 20.2 Å². The Balaban J connectivity index is 2.43. The number of ketones is 1. The van der Waals surface area contributed by atoms with Gasteiger partial charge in [-0.15, -0.1) is 0 Å². The Morgan fingerprint density at radius 2 is 2.00 bits per heavy atom. The normalized spacial score (nSPS) is 10.9. The van der Waals surface area contributed by atoms with Crippen molar-refractivity contribution in [2.45, 2.75) is 3.74 Å². The Bertz CT molecular complexity index is 679. The third-order valence-electron chi connectivity index (χ3n) is 2.51. The molecular weight excluding hydrogens is 480 g/mol. The van der Waals surface area contributed by atoms with Gasteiger partial charge < -0.3 is 0 Å². The quantitative estimate of drug-likeness (QED) is 0.414. The summed E-state index contributed by atoms with van der Waals surface area (Å²) in [6.07, 6.45) is 0.967. The van der Waals surface area contributed by atoms with Crippen LogP contribution in [0.4, 0.5) is 4.39 Å². The van der Waals surface area contributed by atoms with E-state index in [0.717, 1.165) is 17.8 Å². The van der Waals surface area contributed by atoms with Crippen LogP contribution in [0.25, 0.3) is 0 Å². The van der Waals surface area contributed by atoms with Crippen molar-refractivity contribution in [3.8, 4) is 0 Å². The minimum Gasteiger partial charge on any atom is -0.287 e. The average Bonchev–Trinajstić information content (AvgIpc) is 2.37. The van der Waals surface area contributed by atoms with Crippen LogP contribution in [0.3, 0.4) is 0 Å². The second kappa shape index (κ2) is 6.64. The molecule has 2 nitrogen and oxygen atoms in total. The van der Waals surface area contributed by atoms with Crippen molar-refractivity contribution in [1.29, 1.82) is 0 Å². The Hall–Kier alpha value is -0.300. The Morgan fingerprint density at radius 3 is 2.55 bits per heavy atom. The first kappa shape index (κ1) is 16.1. The van der Waals surface area contributed by atoms with E-state index in [0.29, 0.717) is 10.0 Å². The van der Waals surface area contributed by atoms with Crippen LogP contribution < -0.4 is 0 Å². The minimum absolute atomic E-state index is 0.00941. The summed E-state index contributed by atoms with van der Waals surface area (Å²) >= 11 is 16.0. The number of aromatic nitrogens is 1. The highest BCUT2D eigenvalue weighted by molar-refractivity contribution is 9.24. The molecule has 2 aromatic rings. The van der Waals surface area contributed by atoms with E-state index in [1.165, 1.54) is 0 Å². The maximum absolute atomic E-state index is 13.0. The third kappa shape index (κ3) is 3.47. The van der Waals surface area contributed by atoms with E-state index in [9.17, 15) is 9.18 Å². The number of alkyl halides is 2. The van der Waals surface area contributed by atoms with Crippen LogP contribution in [0.5, 0.6) is 0 Å². The molecule has 0 saturated carbocycles. The van der Waals surface area contributed by atoms with Crippen LogP contribution in [-0.4, -0.2) is 10.8 Å². The number of rotatable bonds is 3. The number of benzene rings is 1. The predicted molar refractivity (Wildman–Crippen MR) is 87.4 cm³/mol. The molecule has 1 aromatic carbocycles. The van der Waals surface area contributed by atoms with Gasteiger partial charge in [0.1, 0.15) is 11.5 Å². The van der Waals surface area contributed by atoms with E-state index >= 15 is 0 Å². The van der Waals surface area contributed by atoms with Crippen molar-refractivity contribution in [3.63, 3.8) is 0 Å². The summed E-state index contributed by atoms with van der Waals surface area (Å²) in [7, 11) is 0. The van der Waals surface area contributed by atoms with Crippen LogP contribution >= 0.6 is 59.4 Å². The molecule has 0 unspecified atom stereocenters. The number of carbonyl (C=O) groups is 1. The van der Waals surface area contributed by atoms with Crippen LogP contribution in [0.2, 0.25) is 5.02 Å². The van der Waals surface area contributed by atoms with E-state index in [4.69, 9.17) is 11.6 Å². The second-order valence-electron chi connectivity index (χ2n) is 3.85. The van der Waals surface area contributed by atoms with Crippen molar-refractivity contribution in [3.05, 3.63) is 62.6 Å². The third-order valence-corrected chi connectivity index (χ3v) is 4.51. The van der Waals surface area contributed by atoms with Gasteiger partial charge in [0.25, 0.3) is 0 Å². The lowest BCUT2D eigenvalue weighted by atomic mass is 10.1. The number of halogens is 5. The summed E-state index contributed by atoms with van der Waals surface area (Å²) in [4.78, 5) is 16.1. The molecule has 7 heteroatoms. The molecule has 0 atom stereocenters. The highest BCUT2D eigenvalue weighted by Gasteiger charge is 2.18. The zero-order valence-electron chi connectivity index (χ0n) is 9.71. The smallest absolute Gasteiger partial charge is 0.214 e. The Kier molecular flexibility index (Phi) is 5.34. The van der Waals surface area contributed by atoms with Crippen LogP contribution in [0.15, 0.2) is 34.9 Å². The lowest BCUT2D eigenvalue weighted by molar-refractivity contribution is 0.103. The van der Waals surface area contributed by atoms with E-state index in [1.807, 2.05) is 0 Å². The van der Waals surface area contributed by atoms with Crippen LogP contribution in [0, 0.1) is 5.82 Å². The van der Waals surface area contributed by atoms with Gasteiger partial charge in [0.15, 0.2) is 0 Å². The SMILES string of the molecule is O=C(c1ccc(C(Br)Br)cc1Br)c1ncc(F)cc1Cl. The molecule has 0 amide bonds. The monoisotopic (exact) mass is 483 g/mol. The molecule has 0 aliphatic carbocycles. The van der Waals surface area contributed by atoms with Crippen molar-refractivity contribution >= 4 is 65.2 Å². The molecule has 104 valence electrons. The Labute approximate surface area is 145 Å². The summed E-state index contributed by atoms with van der Waals surface area (Å²) in [6.45, 7) is 0. The number of carbonyl (C=O) groups excluding carboxylic acids is 1. The first-order valence-electron chi connectivity index (χ1n) is 5.33. The van der Waals surface area contributed by atoms with Gasteiger partial charge in [0.2, 0.25) is 5.78 Å². The molecule has 0 N–H and O–H groups in total. The Morgan fingerprint density at radius 1 is 1.30 bits per heavy atom. The van der Waals surface area contributed by atoms with E-state index in [1.54, 1.807) is 18.2 Å². The van der Waals surface area contributed by atoms with Crippen LogP contribution in [-0.2, 0) is 0 Å². The predicted octanol–water partition coefficient (Wildman–Crippen LogP) is 5.66. The van der Waals surface area contributed by atoms with Gasteiger partial charge in [-0.1, -0.05) is 65.5 Å². The van der Waals surface area contributed by atoms with Gasteiger partial charge in [-0.25, -0.2) is 9.37 Å². The summed E-state index contributed by atoms with van der Waals surface area (Å²) in [5, 5.41) is -0.00941. The molecule has 0 spiro atoms. The summed E-state index contributed by atoms with van der Waals surface area (Å²) in [5.74, 6) is -0.948. The van der Waals surface area contributed by atoms with Gasteiger partial charge in [0, 0.05) is 10.0 Å². The molecule has 0 saturated heterocycles. The molecule has 0 fully saturated rings. The molecule has 1 heterocycles. The standard InChI is InChI=1S/C13H6Br3ClFNO/c14-9-3-6(13(15)16)1-2-8(9)12(20)11-10(17)4-7(18)5-19-11/h1-5,13H. The molecular formula is C13H6Br3ClFNO. The van der Waals surface area contributed by atoms with Crippen LogP contribution in [0.1, 0.15) is 25.4 Å². The zero-order valence-corrected chi connectivity index (χ0v) is 15.2. The first-order chi connectivity index (χ1) is 9.40. The van der Waals surface area contributed by atoms with E-state index in [2.05, 4.69) is 52.8 Å². The van der Waals surface area contributed by atoms with Gasteiger partial charge in [-0.05, 0) is 23.8 Å². The zero-order chi connectivity index (χ0) is 14.9. The lowest BCUT2D eigenvalue weighted by Gasteiger charge is -2.08. The number of nitrogens with zero attached hydrogens (tertiary/aromatic N) is 1. The minimum atomic E-state index is -0.581. The maximum atomic E-state index is 13.0. The first-order valence-corrected chi connectivity index (χ1v) is 8.33. The fourth-order valence-electron chi connectivity index (χ4n) is 1.56. The summed E-state index contributed by atoms with van der Waals surface area (Å²) in [5.41, 5.74) is 1.39. The number of hydrogen-bond acceptors (Lipinski definition) is 2. The number of pyridine rings is 1. The topological polar surface area (TPSA) is 30.0 Å². The van der Waals surface area contributed by atoms with Crippen molar-refractivity contribution in [2.24, 2.45) is 0 Å². The fourth-order valence-corrected chi connectivity index (χ4v) is 2.95. The lowest BCUT2D eigenvalue weighted by Crippen LogP contribution is -2.06. The molecule has 0 aliphatic heterocycles. The largest absolute Gasteiger partial charge is 0.287 e. The van der Waals surface area contributed by atoms with Gasteiger partial charge in [0.05, 0.1) is 15.0 Å². The second-order valence-corrected chi connectivity index (χ2v) is 8.17. The molecule has 0 bridgehead atoms. The van der Waals surface area contributed by atoms with E-state index < -0.39 is 5.82 Å². The van der Waals surface area contributed by atoms with Gasteiger partial charge in [-0.3, -0.25) is 4.79 Å². The maximum Gasteiger partial charge on any atom is 0.214 e. The molecule has 2 rings (SSSR count). The average molecular weight is 486 g/mol. The fraction of sp³-hybridized carbons (Fsp3) is 0.0769. The highest BCUT2D eigenvalue weighted by Crippen LogP contribution is 2.33. The molecule has 20 heavy (non-hydrogen) atoms. The van der Waals surface area contributed by atoms with Crippen molar-refractivity contribution in [1.82, 2.24) is 4.98 Å². The number of hydrogen-bond donors (Lipinski definition) is 0. The molecule has 1 aromatic heterocycles. The highest BCUT2D eigenvalue weighted by atomic mass is 79.9. The van der Waals surface area contributed by atoms with Crippen molar-refractivity contribution < 1.29 is 9.18 Å². The summed E-state index contributed by atoms with van der Waals surface area (Å²) < 4.78 is 13.6. The summed E-state index contributed by atoms with van der Waals surface area (Å²) in [6, 6.07) is 6.33. The van der Waals surface area contributed by atoms with Gasteiger partial charge >= 0.3 is 0 Å². The molecule has 0 aliphatic rings. The van der Waals surface area contributed by atoms with Crippen molar-refractivity contribution in [2.75, 3.05) is 0 Å². The van der Waals surface area contributed by atoms with Gasteiger partial charge in [-0.2, -0.15) is 0 Å². The molecule has 0 radical (unpaired) electrons.